The van der Waals surface area contributed by atoms with Gasteiger partial charge in [0.15, 0.2) is 5.78 Å². The molecule has 0 heterocycles. The molecule has 0 saturated heterocycles. The van der Waals surface area contributed by atoms with Crippen LogP contribution in [0.4, 0.5) is 0 Å². The standard InChI is InChI=1S/C14H10O5/c15-8-19-13-7-9(16)5-6-11(13)14(18)10-3-1-2-4-12(10)17/h1-8,16-17H. The van der Waals surface area contributed by atoms with E-state index in [1.54, 1.807) is 12.1 Å². The molecule has 0 aliphatic heterocycles. The Hall–Kier alpha value is -2.82. The van der Waals surface area contributed by atoms with Crippen molar-refractivity contribution in [3.05, 3.63) is 53.6 Å². The first-order valence-corrected chi connectivity index (χ1v) is 5.39. The van der Waals surface area contributed by atoms with Crippen LogP contribution in [0.5, 0.6) is 17.2 Å². The lowest BCUT2D eigenvalue weighted by Crippen LogP contribution is -2.05. The van der Waals surface area contributed by atoms with Gasteiger partial charge in [-0.2, -0.15) is 0 Å². The third-order valence-electron chi connectivity index (χ3n) is 2.53. The number of hydrogen-bond acceptors (Lipinski definition) is 5. The van der Waals surface area contributed by atoms with Crippen LogP contribution in [-0.4, -0.2) is 22.5 Å². The van der Waals surface area contributed by atoms with Crippen LogP contribution in [0, 0.1) is 0 Å². The molecule has 5 nitrogen and oxygen atoms in total. The van der Waals surface area contributed by atoms with E-state index in [1.165, 1.54) is 24.3 Å². The maximum absolute atomic E-state index is 12.2. The molecule has 0 fully saturated rings. The summed E-state index contributed by atoms with van der Waals surface area (Å²) in [5.41, 5.74) is 0.162. The highest BCUT2D eigenvalue weighted by atomic mass is 16.5. The third-order valence-corrected chi connectivity index (χ3v) is 2.53. The van der Waals surface area contributed by atoms with Gasteiger partial charge in [0.25, 0.3) is 6.47 Å². The van der Waals surface area contributed by atoms with Gasteiger partial charge in [-0.25, -0.2) is 0 Å². The van der Waals surface area contributed by atoms with Gasteiger partial charge in [0.1, 0.15) is 17.2 Å². The summed E-state index contributed by atoms with van der Waals surface area (Å²) in [7, 11) is 0. The molecule has 96 valence electrons. The Bertz CT molecular complexity index is 633. The van der Waals surface area contributed by atoms with Crippen LogP contribution in [-0.2, 0) is 4.79 Å². The van der Waals surface area contributed by atoms with Gasteiger partial charge in [0.05, 0.1) is 11.1 Å². The molecule has 0 spiro atoms. The first-order valence-electron chi connectivity index (χ1n) is 5.39. The lowest BCUT2D eigenvalue weighted by Gasteiger charge is -2.08. The molecule has 19 heavy (non-hydrogen) atoms. The zero-order valence-corrected chi connectivity index (χ0v) is 9.74. The fourth-order valence-electron chi connectivity index (χ4n) is 1.66. The van der Waals surface area contributed by atoms with Crippen molar-refractivity contribution in [2.24, 2.45) is 0 Å². The Morgan fingerprint density at radius 3 is 2.47 bits per heavy atom. The second-order valence-electron chi connectivity index (χ2n) is 3.74. The second kappa shape index (κ2) is 5.22. The summed E-state index contributed by atoms with van der Waals surface area (Å²) in [5.74, 6) is -0.874. The van der Waals surface area contributed by atoms with Gasteiger partial charge in [0.2, 0.25) is 0 Å². The largest absolute Gasteiger partial charge is 0.508 e. The number of para-hydroxylation sites is 1. The first kappa shape index (κ1) is 12.6. The SMILES string of the molecule is O=COc1cc(O)ccc1C(=O)c1ccccc1O. The van der Waals surface area contributed by atoms with E-state index in [1.807, 2.05) is 0 Å². The average Bonchev–Trinajstić information content (AvgIpc) is 2.39. The summed E-state index contributed by atoms with van der Waals surface area (Å²) in [6.45, 7) is 0.163. The Balaban J connectivity index is 2.50. The number of aromatic hydroxyl groups is 2. The Morgan fingerprint density at radius 2 is 1.79 bits per heavy atom. The number of hydrogen-bond donors (Lipinski definition) is 2. The zero-order valence-electron chi connectivity index (χ0n) is 9.74. The van der Waals surface area contributed by atoms with E-state index in [4.69, 9.17) is 0 Å². The molecule has 0 radical (unpaired) electrons. The van der Waals surface area contributed by atoms with Gasteiger partial charge < -0.3 is 14.9 Å². The van der Waals surface area contributed by atoms with Crippen LogP contribution in [0.3, 0.4) is 0 Å². The molecule has 0 aliphatic carbocycles. The van der Waals surface area contributed by atoms with Crippen molar-refractivity contribution < 1.29 is 24.5 Å². The number of phenolic OH excluding ortho intramolecular Hbond substituents is 2. The maximum Gasteiger partial charge on any atom is 0.298 e. The van der Waals surface area contributed by atoms with E-state index >= 15 is 0 Å². The molecule has 0 aliphatic rings. The monoisotopic (exact) mass is 258 g/mol. The first-order chi connectivity index (χ1) is 9.13. The van der Waals surface area contributed by atoms with E-state index in [9.17, 15) is 19.8 Å². The topological polar surface area (TPSA) is 83.8 Å². The van der Waals surface area contributed by atoms with E-state index in [0.717, 1.165) is 6.07 Å². The molecule has 2 N–H and O–H groups in total. The van der Waals surface area contributed by atoms with Gasteiger partial charge in [-0.1, -0.05) is 12.1 Å². The minimum Gasteiger partial charge on any atom is -0.508 e. The molecular formula is C14H10O5. The lowest BCUT2D eigenvalue weighted by atomic mass is 10.0. The van der Waals surface area contributed by atoms with Crippen molar-refractivity contribution in [1.29, 1.82) is 0 Å². The van der Waals surface area contributed by atoms with Crippen molar-refractivity contribution in [3.8, 4) is 17.2 Å². The van der Waals surface area contributed by atoms with E-state index in [-0.39, 0.29) is 34.8 Å². The molecule has 0 saturated carbocycles. The molecule has 0 amide bonds. The predicted molar refractivity (Wildman–Crippen MR) is 66.3 cm³/mol. The van der Waals surface area contributed by atoms with Crippen molar-refractivity contribution in [2.75, 3.05) is 0 Å². The van der Waals surface area contributed by atoms with Crippen molar-refractivity contribution >= 4 is 12.3 Å². The molecule has 0 unspecified atom stereocenters. The lowest BCUT2D eigenvalue weighted by molar-refractivity contribution is -0.120. The summed E-state index contributed by atoms with van der Waals surface area (Å²) in [4.78, 5) is 22.6. The molecule has 2 rings (SSSR count). The van der Waals surface area contributed by atoms with Crippen LogP contribution in [0.2, 0.25) is 0 Å². The number of rotatable bonds is 4. The molecule has 0 bridgehead atoms. The van der Waals surface area contributed by atoms with Crippen LogP contribution in [0.1, 0.15) is 15.9 Å². The molecule has 2 aromatic carbocycles. The minimum atomic E-state index is -0.505. The fourth-order valence-corrected chi connectivity index (χ4v) is 1.66. The average molecular weight is 258 g/mol. The summed E-state index contributed by atoms with van der Waals surface area (Å²) >= 11 is 0. The fraction of sp³-hybridized carbons (Fsp3) is 0. The Labute approximate surface area is 108 Å². The van der Waals surface area contributed by atoms with Crippen LogP contribution >= 0.6 is 0 Å². The summed E-state index contributed by atoms with van der Waals surface area (Å²) < 4.78 is 4.66. The number of carbonyl (C=O) groups is 2. The zero-order chi connectivity index (χ0) is 13.8. The highest BCUT2D eigenvalue weighted by molar-refractivity contribution is 6.12. The van der Waals surface area contributed by atoms with Gasteiger partial charge >= 0.3 is 0 Å². The molecule has 0 atom stereocenters. The van der Waals surface area contributed by atoms with Gasteiger partial charge in [-0.05, 0) is 24.3 Å². The number of ether oxygens (including phenoxy) is 1. The summed E-state index contributed by atoms with van der Waals surface area (Å²) in [6.07, 6.45) is 0. The number of benzene rings is 2. The normalized spacial score (nSPS) is 9.89. The van der Waals surface area contributed by atoms with Crippen molar-refractivity contribution in [1.82, 2.24) is 0 Å². The van der Waals surface area contributed by atoms with Crippen LogP contribution < -0.4 is 4.74 Å². The van der Waals surface area contributed by atoms with E-state index < -0.39 is 5.78 Å². The quantitative estimate of drug-likeness (QED) is 0.646. The molecule has 0 aromatic heterocycles. The van der Waals surface area contributed by atoms with Crippen molar-refractivity contribution in [3.63, 3.8) is 0 Å². The minimum absolute atomic E-state index is 0.0664. The molecular weight excluding hydrogens is 248 g/mol. The smallest absolute Gasteiger partial charge is 0.298 e. The molecule has 5 heteroatoms. The maximum atomic E-state index is 12.2. The summed E-state index contributed by atoms with van der Waals surface area (Å²) in [5, 5.41) is 19.0. The van der Waals surface area contributed by atoms with Crippen LogP contribution in [0.25, 0.3) is 0 Å². The molecule has 2 aromatic rings. The number of phenols is 2. The predicted octanol–water partition coefficient (Wildman–Crippen LogP) is 1.86. The van der Waals surface area contributed by atoms with Gasteiger partial charge in [-0.15, -0.1) is 0 Å². The van der Waals surface area contributed by atoms with E-state index in [0.29, 0.717) is 0 Å². The van der Waals surface area contributed by atoms with Gasteiger partial charge in [-0.3, -0.25) is 9.59 Å². The van der Waals surface area contributed by atoms with Gasteiger partial charge in [0, 0.05) is 6.07 Å². The summed E-state index contributed by atoms with van der Waals surface area (Å²) in [6, 6.07) is 9.80. The van der Waals surface area contributed by atoms with Crippen molar-refractivity contribution in [2.45, 2.75) is 0 Å². The Morgan fingerprint density at radius 1 is 1.05 bits per heavy atom. The van der Waals surface area contributed by atoms with Crippen LogP contribution in [0.15, 0.2) is 42.5 Å². The van der Waals surface area contributed by atoms with E-state index in [2.05, 4.69) is 4.74 Å². The second-order valence-corrected chi connectivity index (χ2v) is 3.74. The highest BCUT2D eigenvalue weighted by Crippen LogP contribution is 2.28. The number of carbonyl (C=O) groups excluding carboxylic acids is 2. The highest BCUT2D eigenvalue weighted by Gasteiger charge is 2.18. The Kier molecular flexibility index (Phi) is 3.47. The number of ketones is 1. The third kappa shape index (κ3) is 2.55.